The molecule has 0 aromatic heterocycles. The van der Waals surface area contributed by atoms with Gasteiger partial charge in [-0.1, -0.05) is 44.5 Å². The lowest BCUT2D eigenvalue weighted by Crippen LogP contribution is -2.24. The fourth-order valence-electron chi connectivity index (χ4n) is 1.02. The van der Waals surface area contributed by atoms with Gasteiger partial charge in [-0.25, -0.2) is 0 Å². The number of carbonyl (C=O) groups is 1. The van der Waals surface area contributed by atoms with E-state index in [0.717, 1.165) is 11.4 Å². The van der Waals surface area contributed by atoms with E-state index in [4.69, 9.17) is 16.3 Å². The van der Waals surface area contributed by atoms with E-state index in [1.807, 2.05) is 45.0 Å². The molecule has 1 unspecified atom stereocenters. The molecule has 0 radical (unpaired) electrons. The summed E-state index contributed by atoms with van der Waals surface area (Å²) in [4.78, 5) is 9.66. The number of nitrogens with one attached hydrogen (secondary N) is 1. The smallest absolute Gasteiger partial charge is 0.207 e. The fourth-order valence-corrected chi connectivity index (χ4v) is 1.14. The monoisotopic (exact) mass is 287 g/mol. The van der Waals surface area contributed by atoms with E-state index in [-0.39, 0.29) is 6.10 Å². The van der Waals surface area contributed by atoms with Crippen LogP contribution in [0.2, 0.25) is 5.02 Å². The first-order valence-corrected chi connectivity index (χ1v) is 6.96. The summed E-state index contributed by atoms with van der Waals surface area (Å²) < 4.78 is 4.83. The Labute approximate surface area is 122 Å². The van der Waals surface area contributed by atoms with Gasteiger partial charge in [0.25, 0.3) is 0 Å². The summed E-state index contributed by atoms with van der Waals surface area (Å²) in [6, 6.07) is 7.92. The van der Waals surface area contributed by atoms with Crippen molar-refractivity contribution in [1.82, 2.24) is 5.32 Å². The summed E-state index contributed by atoms with van der Waals surface area (Å²) >= 11 is 5.67. The average Bonchev–Trinajstić information content (AvgIpc) is 2.48. The Bertz CT molecular complexity index is 302. The molecule has 0 aliphatic carbocycles. The van der Waals surface area contributed by atoms with Crippen LogP contribution < -0.4 is 5.32 Å². The van der Waals surface area contributed by atoms with Gasteiger partial charge < -0.3 is 10.1 Å². The Morgan fingerprint density at radius 1 is 1.32 bits per heavy atom. The number of benzene rings is 1. The van der Waals surface area contributed by atoms with Gasteiger partial charge in [0.05, 0.1) is 6.10 Å². The normalized spacial score (nSPS) is 10.2. The van der Waals surface area contributed by atoms with Crippen LogP contribution in [0, 0.1) is 0 Å². The maximum Gasteiger partial charge on any atom is 0.207 e. The molecular formula is C15H26ClNO2. The molecule has 19 heavy (non-hydrogen) atoms. The number of halogens is 1. The third-order valence-corrected chi connectivity index (χ3v) is 2.46. The minimum Gasteiger partial charge on any atom is -0.380 e. The minimum absolute atomic E-state index is 0.111. The molecule has 0 aliphatic rings. The lowest BCUT2D eigenvalue weighted by molar-refractivity contribution is -0.110. The molecule has 0 saturated carbocycles. The van der Waals surface area contributed by atoms with Crippen LogP contribution in [0.1, 0.15) is 33.3 Å². The van der Waals surface area contributed by atoms with E-state index < -0.39 is 0 Å². The van der Waals surface area contributed by atoms with Crippen molar-refractivity contribution in [1.29, 1.82) is 0 Å². The van der Waals surface area contributed by atoms with Gasteiger partial charge in [-0.05, 0) is 31.0 Å². The lowest BCUT2D eigenvalue weighted by Gasteiger charge is -2.05. The number of methoxy groups -OCH3 is 1. The molecule has 0 aliphatic heterocycles. The number of rotatable bonds is 5. The summed E-state index contributed by atoms with van der Waals surface area (Å²) in [5.41, 5.74) is 1.33. The Balaban J connectivity index is 0. The SMILES string of the molecule is CC.CCc1ccc(Cl)cc1.COC(C)CNC=O. The molecule has 0 bridgehead atoms. The Hall–Kier alpha value is -1.06. The number of aryl methyl sites for hydroxylation is 1. The Morgan fingerprint density at radius 3 is 2.21 bits per heavy atom. The second kappa shape index (κ2) is 15.0. The summed E-state index contributed by atoms with van der Waals surface area (Å²) in [7, 11) is 1.61. The maximum atomic E-state index is 9.66. The van der Waals surface area contributed by atoms with Crippen molar-refractivity contribution in [2.24, 2.45) is 0 Å². The predicted molar refractivity (Wildman–Crippen MR) is 82.7 cm³/mol. The second-order valence-electron chi connectivity index (χ2n) is 3.55. The summed E-state index contributed by atoms with van der Waals surface area (Å²) in [5.74, 6) is 0. The molecule has 4 heteroatoms. The first kappa shape index (κ1) is 20.3. The largest absolute Gasteiger partial charge is 0.380 e. The van der Waals surface area contributed by atoms with Crippen LogP contribution in [-0.4, -0.2) is 26.2 Å². The van der Waals surface area contributed by atoms with E-state index in [9.17, 15) is 4.79 Å². The molecule has 1 aromatic carbocycles. The fraction of sp³-hybridized carbons (Fsp3) is 0.533. The molecule has 1 N–H and O–H groups in total. The van der Waals surface area contributed by atoms with Crippen molar-refractivity contribution in [3.05, 3.63) is 34.9 Å². The van der Waals surface area contributed by atoms with Crippen LogP contribution in [0.15, 0.2) is 24.3 Å². The summed E-state index contributed by atoms with van der Waals surface area (Å²) in [6.07, 6.45) is 1.85. The zero-order valence-electron chi connectivity index (χ0n) is 12.6. The number of hydrogen-bond donors (Lipinski definition) is 1. The second-order valence-corrected chi connectivity index (χ2v) is 3.99. The molecule has 1 amide bonds. The topological polar surface area (TPSA) is 38.3 Å². The molecule has 3 nitrogen and oxygen atoms in total. The Morgan fingerprint density at radius 2 is 1.84 bits per heavy atom. The minimum atomic E-state index is 0.111. The zero-order valence-corrected chi connectivity index (χ0v) is 13.3. The van der Waals surface area contributed by atoms with Gasteiger partial charge in [0.2, 0.25) is 6.41 Å². The molecule has 110 valence electrons. The zero-order chi connectivity index (χ0) is 15.1. The summed E-state index contributed by atoms with van der Waals surface area (Å²) in [6.45, 7) is 8.60. The van der Waals surface area contributed by atoms with E-state index in [0.29, 0.717) is 13.0 Å². The molecule has 0 fully saturated rings. The molecular weight excluding hydrogens is 262 g/mol. The number of hydrogen-bond acceptors (Lipinski definition) is 2. The van der Waals surface area contributed by atoms with Gasteiger partial charge in [0.1, 0.15) is 0 Å². The number of amides is 1. The van der Waals surface area contributed by atoms with Crippen LogP contribution in [0.5, 0.6) is 0 Å². The highest BCUT2D eigenvalue weighted by Gasteiger charge is 1.93. The number of carbonyl (C=O) groups excluding carboxylic acids is 1. The summed E-state index contributed by atoms with van der Waals surface area (Å²) in [5, 5.41) is 3.31. The predicted octanol–water partition coefficient (Wildman–Crippen LogP) is 3.70. The molecule has 1 atom stereocenters. The molecule has 1 rings (SSSR count). The van der Waals surface area contributed by atoms with Gasteiger partial charge in [0, 0.05) is 18.7 Å². The van der Waals surface area contributed by atoms with Gasteiger partial charge in [-0.3, -0.25) is 4.79 Å². The van der Waals surface area contributed by atoms with Crippen molar-refractivity contribution in [2.45, 2.75) is 40.2 Å². The van der Waals surface area contributed by atoms with E-state index >= 15 is 0 Å². The van der Waals surface area contributed by atoms with Crippen molar-refractivity contribution in [3.8, 4) is 0 Å². The van der Waals surface area contributed by atoms with E-state index in [1.165, 1.54) is 5.56 Å². The van der Waals surface area contributed by atoms with Crippen LogP contribution in [-0.2, 0) is 16.0 Å². The van der Waals surface area contributed by atoms with Crippen LogP contribution in [0.3, 0.4) is 0 Å². The first-order chi connectivity index (χ1) is 9.13. The van der Waals surface area contributed by atoms with Crippen molar-refractivity contribution in [3.63, 3.8) is 0 Å². The van der Waals surface area contributed by atoms with Crippen LogP contribution in [0.4, 0.5) is 0 Å². The van der Waals surface area contributed by atoms with Gasteiger partial charge >= 0.3 is 0 Å². The third kappa shape index (κ3) is 13.2. The first-order valence-electron chi connectivity index (χ1n) is 6.58. The average molecular weight is 288 g/mol. The molecule has 0 heterocycles. The van der Waals surface area contributed by atoms with Gasteiger partial charge in [0.15, 0.2) is 0 Å². The highest BCUT2D eigenvalue weighted by Crippen LogP contribution is 2.09. The van der Waals surface area contributed by atoms with E-state index in [1.54, 1.807) is 7.11 Å². The Kier molecular flexibility index (Phi) is 16.0. The molecule has 0 spiro atoms. The van der Waals surface area contributed by atoms with Crippen molar-refractivity contribution < 1.29 is 9.53 Å². The molecule has 0 saturated heterocycles. The standard InChI is InChI=1S/C8H9Cl.C5H11NO2.C2H6/c1-2-7-3-5-8(9)6-4-7;1-5(8-2)3-6-4-7;1-2/h3-6H,2H2,1H3;4-5H,3H2,1-2H3,(H,6,7);1-2H3. The van der Waals surface area contributed by atoms with Crippen molar-refractivity contribution >= 4 is 18.0 Å². The van der Waals surface area contributed by atoms with Gasteiger partial charge in [-0.15, -0.1) is 0 Å². The van der Waals surface area contributed by atoms with Crippen molar-refractivity contribution in [2.75, 3.05) is 13.7 Å². The maximum absolute atomic E-state index is 9.66. The quantitative estimate of drug-likeness (QED) is 0.839. The van der Waals surface area contributed by atoms with Crippen LogP contribution >= 0.6 is 11.6 Å². The third-order valence-electron chi connectivity index (χ3n) is 2.21. The van der Waals surface area contributed by atoms with E-state index in [2.05, 4.69) is 12.2 Å². The van der Waals surface area contributed by atoms with Crippen LogP contribution in [0.25, 0.3) is 0 Å². The molecule has 1 aromatic rings. The lowest BCUT2D eigenvalue weighted by atomic mass is 10.2. The van der Waals surface area contributed by atoms with Gasteiger partial charge in [-0.2, -0.15) is 0 Å². The highest BCUT2D eigenvalue weighted by molar-refractivity contribution is 6.30. The highest BCUT2D eigenvalue weighted by atomic mass is 35.5. The number of ether oxygens (including phenoxy) is 1.